The molecule has 4 aromatic rings. The molecule has 0 unspecified atom stereocenters. The Labute approximate surface area is 221 Å². The van der Waals surface area contributed by atoms with Crippen molar-refractivity contribution in [3.05, 3.63) is 111 Å². The minimum atomic E-state index is -4.86. The first-order valence-electron chi connectivity index (χ1n) is 10.8. The average molecular weight is 627 g/mol. The Morgan fingerprint density at radius 2 is 1.08 bits per heavy atom. The summed E-state index contributed by atoms with van der Waals surface area (Å²) in [5, 5.41) is 0. The van der Waals surface area contributed by atoms with Gasteiger partial charge in [0.15, 0.2) is 0 Å². The molecule has 10 heteroatoms. The minimum absolute atomic E-state index is 0.154. The molecule has 0 atom stereocenters. The van der Waals surface area contributed by atoms with E-state index in [0.717, 1.165) is 18.2 Å². The molecule has 0 fully saturated rings. The van der Waals surface area contributed by atoms with E-state index in [-0.39, 0.29) is 16.8 Å². The zero-order valence-corrected chi connectivity index (χ0v) is 20.8. The Hall–Kier alpha value is -3.41. The van der Waals surface area contributed by atoms with E-state index in [9.17, 15) is 26.3 Å². The van der Waals surface area contributed by atoms with Gasteiger partial charge in [0.1, 0.15) is 11.5 Å². The molecule has 0 saturated carbocycles. The average Bonchev–Trinajstić information content (AvgIpc) is 3.10. The Morgan fingerprint density at radius 3 is 1.59 bits per heavy atom. The number of benzene rings is 4. The van der Waals surface area contributed by atoms with E-state index in [1.165, 1.54) is 12.1 Å². The number of nitrogens with two attached hydrogens (primary N) is 1. The molecule has 0 spiro atoms. The summed E-state index contributed by atoms with van der Waals surface area (Å²) >= 11 is 1.74. The molecule has 1 aliphatic rings. The van der Waals surface area contributed by atoms with Crippen molar-refractivity contribution in [1.82, 2.24) is 0 Å². The van der Waals surface area contributed by atoms with Gasteiger partial charge >= 0.3 is 18.1 Å². The SMILES string of the molecule is Nc1ccc(OC2(Oc3ccc(I)cc3C(F)(F)F)c3ccccc3-c3ccccc32)c(C(F)(F)F)c1. The van der Waals surface area contributed by atoms with E-state index in [1.54, 1.807) is 71.1 Å². The van der Waals surface area contributed by atoms with Crippen LogP contribution in [-0.2, 0) is 18.1 Å². The number of rotatable bonds is 4. The monoisotopic (exact) mass is 627 g/mol. The zero-order chi connectivity index (χ0) is 26.6. The molecular formula is C27H16F6INO2. The van der Waals surface area contributed by atoms with E-state index in [1.807, 2.05) is 0 Å². The first-order valence-corrected chi connectivity index (χ1v) is 11.9. The molecule has 0 heterocycles. The summed E-state index contributed by atoms with van der Waals surface area (Å²) in [5.41, 5.74) is 4.82. The van der Waals surface area contributed by atoms with Crippen LogP contribution in [0, 0.1) is 3.57 Å². The molecule has 0 saturated heterocycles. The minimum Gasteiger partial charge on any atom is -0.444 e. The molecular weight excluding hydrogens is 611 g/mol. The number of hydrogen-bond donors (Lipinski definition) is 1. The fourth-order valence-corrected chi connectivity index (χ4v) is 4.87. The van der Waals surface area contributed by atoms with E-state index in [2.05, 4.69) is 0 Å². The Morgan fingerprint density at radius 1 is 0.622 bits per heavy atom. The first kappa shape index (κ1) is 25.2. The summed E-state index contributed by atoms with van der Waals surface area (Å²) in [6.07, 6.45) is -9.66. The third kappa shape index (κ3) is 4.47. The summed E-state index contributed by atoms with van der Waals surface area (Å²) in [6.45, 7) is 0. The van der Waals surface area contributed by atoms with Crippen LogP contribution in [-0.4, -0.2) is 0 Å². The molecule has 190 valence electrons. The standard InChI is InChI=1S/C27H16F6INO2/c28-26(29,30)21-13-15(34)9-11-23(21)36-25(37-24-12-10-16(35)14-22(24)27(31,32)33)19-7-3-1-5-17(19)18-6-2-4-8-20(18)25/h1-14H,35H2. The van der Waals surface area contributed by atoms with Gasteiger partial charge in [0.25, 0.3) is 0 Å². The highest BCUT2D eigenvalue weighted by atomic mass is 127. The van der Waals surface area contributed by atoms with Crippen molar-refractivity contribution < 1.29 is 35.8 Å². The summed E-state index contributed by atoms with van der Waals surface area (Å²) in [5.74, 6) is -3.41. The van der Waals surface area contributed by atoms with Crippen LogP contribution in [0.1, 0.15) is 22.3 Å². The van der Waals surface area contributed by atoms with Gasteiger partial charge in [-0.3, -0.25) is 0 Å². The van der Waals surface area contributed by atoms with Crippen LogP contribution in [0.15, 0.2) is 84.9 Å². The highest BCUT2D eigenvalue weighted by Crippen LogP contribution is 2.53. The van der Waals surface area contributed by atoms with Crippen LogP contribution in [0.25, 0.3) is 11.1 Å². The maximum atomic E-state index is 14.0. The lowest BCUT2D eigenvalue weighted by molar-refractivity contribution is -0.148. The summed E-state index contributed by atoms with van der Waals surface area (Å²) < 4.78 is 96.5. The lowest BCUT2D eigenvalue weighted by atomic mass is 10.0. The number of anilines is 1. The van der Waals surface area contributed by atoms with Gasteiger partial charge < -0.3 is 15.2 Å². The van der Waals surface area contributed by atoms with Gasteiger partial charge in [-0.2, -0.15) is 26.3 Å². The lowest BCUT2D eigenvalue weighted by Crippen LogP contribution is -2.40. The highest BCUT2D eigenvalue weighted by Gasteiger charge is 2.51. The number of nitrogen functional groups attached to an aromatic ring is 1. The van der Waals surface area contributed by atoms with Gasteiger partial charge in [0, 0.05) is 20.4 Å². The van der Waals surface area contributed by atoms with E-state index in [4.69, 9.17) is 15.2 Å². The topological polar surface area (TPSA) is 44.5 Å². The number of alkyl halides is 6. The quantitative estimate of drug-likeness (QED) is 0.107. The molecule has 2 N–H and O–H groups in total. The second-order valence-corrected chi connectivity index (χ2v) is 9.55. The van der Waals surface area contributed by atoms with E-state index in [0.29, 0.717) is 20.8 Å². The summed E-state index contributed by atoms with van der Waals surface area (Å²) in [7, 11) is 0. The summed E-state index contributed by atoms with van der Waals surface area (Å²) in [6, 6.07) is 19.6. The molecule has 0 aliphatic heterocycles. The number of fused-ring (bicyclic) bond motifs is 3. The van der Waals surface area contributed by atoms with Crippen LogP contribution in [0.3, 0.4) is 0 Å². The number of ether oxygens (including phenoxy) is 2. The maximum absolute atomic E-state index is 14.0. The van der Waals surface area contributed by atoms with Crippen molar-refractivity contribution in [1.29, 1.82) is 0 Å². The van der Waals surface area contributed by atoms with Crippen molar-refractivity contribution in [3.63, 3.8) is 0 Å². The number of halogens is 7. The molecule has 0 amide bonds. The Balaban J connectivity index is 1.79. The highest BCUT2D eigenvalue weighted by molar-refractivity contribution is 14.1. The van der Waals surface area contributed by atoms with Crippen molar-refractivity contribution in [2.24, 2.45) is 0 Å². The Bertz CT molecular complexity index is 1390. The van der Waals surface area contributed by atoms with Crippen LogP contribution in [0.2, 0.25) is 0 Å². The zero-order valence-electron chi connectivity index (χ0n) is 18.6. The second kappa shape index (κ2) is 8.86. The van der Waals surface area contributed by atoms with Gasteiger partial charge in [-0.25, -0.2) is 0 Å². The van der Waals surface area contributed by atoms with Crippen molar-refractivity contribution >= 4 is 28.3 Å². The first-order chi connectivity index (χ1) is 17.4. The van der Waals surface area contributed by atoms with Crippen LogP contribution < -0.4 is 15.2 Å². The molecule has 5 rings (SSSR count). The third-order valence-electron chi connectivity index (χ3n) is 5.92. The van der Waals surface area contributed by atoms with Crippen molar-refractivity contribution in [3.8, 4) is 22.6 Å². The smallest absolute Gasteiger partial charge is 0.420 e. The van der Waals surface area contributed by atoms with Gasteiger partial charge in [-0.1, -0.05) is 48.5 Å². The van der Waals surface area contributed by atoms with Gasteiger partial charge in [-0.15, -0.1) is 0 Å². The molecule has 37 heavy (non-hydrogen) atoms. The van der Waals surface area contributed by atoms with E-state index >= 15 is 0 Å². The Kier molecular flexibility index (Phi) is 6.05. The van der Waals surface area contributed by atoms with E-state index < -0.39 is 40.8 Å². The molecule has 0 radical (unpaired) electrons. The van der Waals surface area contributed by atoms with Gasteiger partial charge in [-0.05, 0) is 70.1 Å². The van der Waals surface area contributed by atoms with Crippen molar-refractivity contribution in [2.45, 2.75) is 18.1 Å². The van der Waals surface area contributed by atoms with Gasteiger partial charge in [0.05, 0.1) is 11.1 Å². The van der Waals surface area contributed by atoms with Crippen LogP contribution in [0.5, 0.6) is 11.5 Å². The predicted octanol–water partition coefficient (Wildman–Crippen LogP) is 8.25. The van der Waals surface area contributed by atoms with Crippen LogP contribution >= 0.6 is 22.6 Å². The fraction of sp³-hybridized carbons (Fsp3) is 0.111. The maximum Gasteiger partial charge on any atom is 0.420 e. The molecule has 3 nitrogen and oxygen atoms in total. The molecule has 4 aromatic carbocycles. The third-order valence-corrected chi connectivity index (χ3v) is 6.59. The number of hydrogen-bond acceptors (Lipinski definition) is 3. The second-order valence-electron chi connectivity index (χ2n) is 8.30. The summed E-state index contributed by atoms with van der Waals surface area (Å²) in [4.78, 5) is 0. The van der Waals surface area contributed by atoms with Gasteiger partial charge in [0.2, 0.25) is 0 Å². The van der Waals surface area contributed by atoms with Crippen molar-refractivity contribution in [2.75, 3.05) is 5.73 Å². The normalized spacial score (nSPS) is 14.1. The predicted molar refractivity (Wildman–Crippen MR) is 134 cm³/mol. The molecule has 0 bridgehead atoms. The molecule has 1 aliphatic carbocycles. The molecule has 0 aromatic heterocycles. The fourth-order valence-electron chi connectivity index (χ4n) is 4.38. The lowest BCUT2D eigenvalue weighted by Gasteiger charge is -2.34. The largest absolute Gasteiger partial charge is 0.444 e. The van der Waals surface area contributed by atoms with Crippen LogP contribution in [0.4, 0.5) is 32.0 Å².